The molecule has 4 heteroatoms. The van der Waals surface area contributed by atoms with E-state index in [0.29, 0.717) is 10.6 Å². The van der Waals surface area contributed by atoms with Crippen LogP contribution in [0, 0.1) is 0 Å². The first kappa shape index (κ1) is 9.92. The zero-order valence-corrected chi connectivity index (χ0v) is 8.21. The lowest BCUT2D eigenvalue weighted by Crippen LogP contribution is -2.02. The third-order valence-electron chi connectivity index (χ3n) is 1.76. The highest BCUT2D eigenvalue weighted by Crippen LogP contribution is 2.16. The van der Waals surface area contributed by atoms with E-state index in [-0.39, 0.29) is 5.75 Å². The molecule has 0 bridgehead atoms. The highest BCUT2D eigenvalue weighted by Gasteiger charge is 2.09. The van der Waals surface area contributed by atoms with Crippen molar-refractivity contribution < 1.29 is 8.42 Å². The second-order valence-electron chi connectivity index (χ2n) is 2.56. The molecule has 0 unspecified atom stereocenters. The summed E-state index contributed by atoms with van der Waals surface area (Å²) in [5.41, 5.74) is 0.676. The van der Waals surface area contributed by atoms with Gasteiger partial charge in [0.05, 0.1) is 16.3 Å². The lowest BCUT2D eigenvalue weighted by Gasteiger charge is -2.00. The zero-order valence-electron chi connectivity index (χ0n) is 7.40. The summed E-state index contributed by atoms with van der Waals surface area (Å²) in [7, 11) is -3.09. The minimum Gasteiger partial charge on any atom is -0.265 e. The number of aliphatic imine (C=N–C) groups is 1. The number of hydrogen-bond acceptors (Lipinski definition) is 3. The quantitative estimate of drug-likeness (QED) is 0.694. The fourth-order valence-electron chi connectivity index (χ4n) is 0.926. The second kappa shape index (κ2) is 3.70. The summed E-state index contributed by atoms with van der Waals surface area (Å²) in [4.78, 5) is 4.01. The minimum absolute atomic E-state index is 0.119. The SMILES string of the molecule is C=Nc1ccc(S(=O)(=O)CC)cc1. The summed E-state index contributed by atoms with van der Waals surface area (Å²) in [6.45, 7) is 4.96. The summed E-state index contributed by atoms with van der Waals surface area (Å²) in [6, 6.07) is 6.36. The minimum atomic E-state index is -3.09. The highest BCUT2D eigenvalue weighted by molar-refractivity contribution is 7.91. The van der Waals surface area contributed by atoms with Crippen LogP contribution < -0.4 is 0 Å². The summed E-state index contributed by atoms with van der Waals surface area (Å²) < 4.78 is 22.7. The third kappa shape index (κ3) is 2.15. The Balaban J connectivity index is 3.13. The molecule has 0 aliphatic carbocycles. The molecule has 0 aromatic heterocycles. The molecule has 0 aliphatic rings. The molecule has 1 aromatic rings. The lowest BCUT2D eigenvalue weighted by molar-refractivity contribution is 0.597. The van der Waals surface area contributed by atoms with Crippen LogP contribution in [0.5, 0.6) is 0 Å². The van der Waals surface area contributed by atoms with Gasteiger partial charge in [0, 0.05) is 0 Å². The summed E-state index contributed by atoms with van der Waals surface area (Å²) >= 11 is 0. The van der Waals surface area contributed by atoms with Crippen molar-refractivity contribution in [3.63, 3.8) is 0 Å². The van der Waals surface area contributed by atoms with Gasteiger partial charge in [-0.2, -0.15) is 0 Å². The molecule has 13 heavy (non-hydrogen) atoms. The van der Waals surface area contributed by atoms with E-state index in [4.69, 9.17) is 0 Å². The van der Waals surface area contributed by atoms with Gasteiger partial charge < -0.3 is 0 Å². The Labute approximate surface area is 78.0 Å². The fourth-order valence-corrected chi connectivity index (χ4v) is 1.81. The maximum atomic E-state index is 11.4. The van der Waals surface area contributed by atoms with Crippen LogP contribution in [0.2, 0.25) is 0 Å². The van der Waals surface area contributed by atoms with Crippen molar-refractivity contribution in [2.75, 3.05) is 5.75 Å². The Morgan fingerprint density at radius 3 is 2.23 bits per heavy atom. The van der Waals surface area contributed by atoms with Crippen LogP contribution in [0.1, 0.15) is 6.92 Å². The smallest absolute Gasteiger partial charge is 0.178 e. The number of benzene rings is 1. The maximum Gasteiger partial charge on any atom is 0.178 e. The molecule has 0 atom stereocenters. The predicted octanol–water partition coefficient (Wildman–Crippen LogP) is 1.81. The normalized spacial score (nSPS) is 11.2. The molecule has 0 heterocycles. The third-order valence-corrected chi connectivity index (χ3v) is 3.51. The Morgan fingerprint density at radius 2 is 1.85 bits per heavy atom. The van der Waals surface area contributed by atoms with E-state index < -0.39 is 9.84 Å². The van der Waals surface area contributed by atoms with Crippen molar-refractivity contribution in [2.45, 2.75) is 11.8 Å². The van der Waals surface area contributed by atoms with E-state index >= 15 is 0 Å². The zero-order chi connectivity index (χ0) is 9.90. The van der Waals surface area contributed by atoms with Crippen LogP contribution in [0.25, 0.3) is 0 Å². The van der Waals surface area contributed by atoms with Gasteiger partial charge in [-0.1, -0.05) is 6.92 Å². The van der Waals surface area contributed by atoms with E-state index in [1.54, 1.807) is 31.2 Å². The number of rotatable bonds is 3. The molecule has 0 aliphatic heterocycles. The van der Waals surface area contributed by atoms with E-state index in [0.717, 1.165) is 0 Å². The van der Waals surface area contributed by atoms with E-state index in [9.17, 15) is 8.42 Å². The predicted molar refractivity (Wildman–Crippen MR) is 53.4 cm³/mol. The summed E-state index contributed by atoms with van der Waals surface area (Å²) in [5.74, 6) is 0.119. The van der Waals surface area contributed by atoms with Gasteiger partial charge in [-0.3, -0.25) is 4.99 Å². The van der Waals surface area contributed by atoms with Gasteiger partial charge in [0.25, 0.3) is 0 Å². The molecule has 0 N–H and O–H groups in total. The van der Waals surface area contributed by atoms with E-state index in [1.165, 1.54) is 0 Å². The highest BCUT2D eigenvalue weighted by atomic mass is 32.2. The summed E-state index contributed by atoms with van der Waals surface area (Å²) in [6.07, 6.45) is 0. The van der Waals surface area contributed by atoms with E-state index in [1.807, 2.05) is 0 Å². The average molecular weight is 197 g/mol. The fraction of sp³-hybridized carbons (Fsp3) is 0.222. The number of hydrogen-bond donors (Lipinski definition) is 0. The molecule has 0 saturated heterocycles. The van der Waals surface area contributed by atoms with Gasteiger partial charge in [-0.25, -0.2) is 8.42 Å². The van der Waals surface area contributed by atoms with Crippen LogP contribution in [0.15, 0.2) is 34.2 Å². The van der Waals surface area contributed by atoms with Gasteiger partial charge in [0.1, 0.15) is 0 Å². The van der Waals surface area contributed by atoms with Crippen molar-refractivity contribution >= 4 is 22.2 Å². The summed E-state index contributed by atoms with van der Waals surface area (Å²) in [5, 5.41) is 0. The van der Waals surface area contributed by atoms with Crippen LogP contribution in [-0.2, 0) is 9.84 Å². The van der Waals surface area contributed by atoms with Crippen molar-refractivity contribution in [1.82, 2.24) is 0 Å². The molecule has 0 saturated carbocycles. The molecule has 0 spiro atoms. The van der Waals surface area contributed by atoms with Crippen LogP contribution >= 0.6 is 0 Å². The maximum absolute atomic E-state index is 11.4. The molecule has 1 rings (SSSR count). The molecule has 0 radical (unpaired) electrons. The monoisotopic (exact) mass is 197 g/mol. The average Bonchev–Trinajstić information content (AvgIpc) is 2.18. The van der Waals surface area contributed by atoms with Gasteiger partial charge in [0.2, 0.25) is 0 Å². The molecular formula is C9H11NO2S. The Morgan fingerprint density at radius 1 is 1.31 bits per heavy atom. The van der Waals surface area contributed by atoms with Crippen molar-refractivity contribution in [2.24, 2.45) is 4.99 Å². The van der Waals surface area contributed by atoms with Crippen molar-refractivity contribution in [3.8, 4) is 0 Å². The first-order valence-electron chi connectivity index (χ1n) is 3.89. The molecule has 70 valence electrons. The van der Waals surface area contributed by atoms with Gasteiger partial charge >= 0.3 is 0 Å². The van der Waals surface area contributed by atoms with Gasteiger partial charge in [-0.05, 0) is 31.0 Å². The lowest BCUT2D eigenvalue weighted by atomic mass is 10.3. The van der Waals surface area contributed by atoms with E-state index in [2.05, 4.69) is 11.7 Å². The Kier molecular flexibility index (Phi) is 2.83. The molecule has 0 amide bonds. The topological polar surface area (TPSA) is 46.5 Å². The molecule has 1 aromatic carbocycles. The van der Waals surface area contributed by atoms with Gasteiger partial charge in [0.15, 0.2) is 9.84 Å². The molecular weight excluding hydrogens is 186 g/mol. The Bertz CT molecular complexity index is 392. The molecule has 3 nitrogen and oxygen atoms in total. The second-order valence-corrected chi connectivity index (χ2v) is 4.83. The number of sulfone groups is 1. The van der Waals surface area contributed by atoms with Crippen LogP contribution in [0.4, 0.5) is 5.69 Å². The standard InChI is InChI=1S/C9H11NO2S/c1-3-13(11,12)9-6-4-8(10-2)5-7-9/h4-7H,2-3H2,1H3. The van der Waals surface area contributed by atoms with Crippen molar-refractivity contribution in [1.29, 1.82) is 0 Å². The largest absolute Gasteiger partial charge is 0.265 e. The first-order valence-corrected chi connectivity index (χ1v) is 5.55. The Hall–Kier alpha value is -1.16. The number of nitrogens with zero attached hydrogens (tertiary/aromatic N) is 1. The van der Waals surface area contributed by atoms with Crippen molar-refractivity contribution in [3.05, 3.63) is 24.3 Å². The van der Waals surface area contributed by atoms with Crippen LogP contribution in [0.3, 0.4) is 0 Å². The molecule has 0 fully saturated rings. The first-order chi connectivity index (χ1) is 6.10. The van der Waals surface area contributed by atoms with Crippen LogP contribution in [-0.4, -0.2) is 20.9 Å². The van der Waals surface area contributed by atoms with Gasteiger partial charge in [-0.15, -0.1) is 0 Å².